The lowest BCUT2D eigenvalue weighted by atomic mass is 10.2. The molecular formula is C16H15Cl2NO3. The van der Waals surface area contributed by atoms with Gasteiger partial charge in [0.05, 0.1) is 12.1 Å². The van der Waals surface area contributed by atoms with E-state index in [9.17, 15) is 4.79 Å². The maximum Gasteiger partial charge on any atom is 0.258 e. The van der Waals surface area contributed by atoms with E-state index in [1.807, 2.05) is 18.2 Å². The predicted molar refractivity (Wildman–Crippen MR) is 86.8 cm³/mol. The van der Waals surface area contributed by atoms with Crippen LogP contribution in [0.25, 0.3) is 0 Å². The molecule has 0 aliphatic carbocycles. The minimum atomic E-state index is -0.248. The molecule has 0 aliphatic rings. The molecule has 0 atom stereocenters. The molecule has 2 aromatic rings. The van der Waals surface area contributed by atoms with Gasteiger partial charge in [-0.25, -0.2) is 0 Å². The molecule has 1 amide bonds. The molecule has 1 N–H and O–H groups in total. The van der Waals surface area contributed by atoms with Crippen LogP contribution in [-0.4, -0.2) is 19.6 Å². The number of ether oxygens (including phenoxy) is 2. The lowest BCUT2D eigenvalue weighted by Crippen LogP contribution is -2.28. The molecular weight excluding hydrogens is 325 g/mol. The minimum absolute atomic E-state index is 0.0688. The van der Waals surface area contributed by atoms with Crippen molar-refractivity contribution in [3.8, 4) is 11.5 Å². The van der Waals surface area contributed by atoms with Crippen LogP contribution >= 0.6 is 23.2 Å². The van der Waals surface area contributed by atoms with Crippen LogP contribution in [0.15, 0.2) is 42.5 Å². The molecule has 2 aromatic carbocycles. The van der Waals surface area contributed by atoms with Crippen LogP contribution < -0.4 is 14.8 Å². The highest BCUT2D eigenvalue weighted by atomic mass is 35.5. The van der Waals surface area contributed by atoms with Crippen LogP contribution in [0.5, 0.6) is 11.5 Å². The summed E-state index contributed by atoms with van der Waals surface area (Å²) in [7, 11) is 1.51. The Morgan fingerprint density at radius 1 is 1.18 bits per heavy atom. The summed E-state index contributed by atoms with van der Waals surface area (Å²) < 4.78 is 10.6. The summed E-state index contributed by atoms with van der Waals surface area (Å²) in [5.74, 6) is 0.887. The van der Waals surface area contributed by atoms with E-state index in [4.69, 9.17) is 32.7 Å². The molecule has 0 unspecified atom stereocenters. The lowest BCUT2D eigenvalue weighted by Gasteiger charge is -2.12. The van der Waals surface area contributed by atoms with Crippen molar-refractivity contribution in [2.24, 2.45) is 0 Å². The minimum Gasteiger partial charge on any atom is -0.495 e. The Balaban J connectivity index is 1.91. The van der Waals surface area contributed by atoms with Crippen molar-refractivity contribution < 1.29 is 14.3 Å². The molecule has 22 heavy (non-hydrogen) atoms. The number of carbonyl (C=O) groups excluding carboxylic acids is 1. The number of carbonyl (C=O) groups is 1. The molecule has 0 saturated heterocycles. The molecule has 0 saturated carbocycles. The zero-order valence-electron chi connectivity index (χ0n) is 11.9. The van der Waals surface area contributed by atoms with Crippen molar-refractivity contribution in [1.29, 1.82) is 0 Å². The maximum absolute atomic E-state index is 11.8. The second kappa shape index (κ2) is 7.92. The van der Waals surface area contributed by atoms with Gasteiger partial charge in [0.15, 0.2) is 6.61 Å². The van der Waals surface area contributed by atoms with E-state index in [0.29, 0.717) is 27.1 Å². The largest absolute Gasteiger partial charge is 0.495 e. The van der Waals surface area contributed by atoms with Gasteiger partial charge < -0.3 is 14.8 Å². The third kappa shape index (κ3) is 4.55. The molecule has 0 heterocycles. The summed E-state index contributed by atoms with van der Waals surface area (Å²) in [5.41, 5.74) is 0.702. The van der Waals surface area contributed by atoms with Crippen LogP contribution in [0, 0.1) is 0 Å². The van der Waals surface area contributed by atoms with Crippen LogP contribution in [0.3, 0.4) is 0 Å². The summed E-state index contributed by atoms with van der Waals surface area (Å²) >= 11 is 12.0. The van der Waals surface area contributed by atoms with Gasteiger partial charge in [-0.05, 0) is 24.3 Å². The first-order valence-electron chi connectivity index (χ1n) is 6.56. The first kappa shape index (κ1) is 16.5. The Bertz CT molecular complexity index is 647. The van der Waals surface area contributed by atoms with Crippen LogP contribution in [0.1, 0.15) is 5.56 Å². The quantitative estimate of drug-likeness (QED) is 0.872. The fourth-order valence-electron chi connectivity index (χ4n) is 1.88. The van der Waals surface area contributed by atoms with E-state index in [0.717, 1.165) is 0 Å². The Morgan fingerprint density at radius 2 is 1.91 bits per heavy atom. The number of benzene rings is 2. The number of halogens is 2. The van der Waals surface area contributed by atoms with Gasteiger partial charge in [0.25, 0.3) is 5.91 Å². The van der Waals surface area contributed by atoms with E-state index in [2.05, 4.69) is 5.32 Å². The van der Waals surface area contributed by atoms with Gasteiger partial charge in [-0.2, -0.15) is 0 Å². The average molecular weight is 340 g/mol. The molecule has 116 valence electrons. The summed E-state index contributed by atoms with van der Waals surface area (Å²) in [6, 6.07) is 12.4. The highest BCUT2D eigenvalue weighted by Gasteiger charge is 2.11. The molecule has 0 aliphatic heterocycles. The maximum atomic E-state index is 11.8. The van der Waals surface area contributed by atoms with Crippen LogP contribution in [-0.2, 0) is 11.3 Å². The summed E-state index contributed by atoms with van der Waals surface area (Å²) in [5, 5.41) is 3.62. The number of amides is 1. The number of nitrogens with one attached hydrogen (secondary N) is 1. The van der Waals surface area contributed by atoms with Gasteiger partial charge in [0.2, 0.25) is 0 Å². The van der Waals surface area contributed by atoms with Crippen molar-refractivity contribution in [2.75, 3.05) is 13.7 Å². The number of methoxy groups -OCH3 is 1. The summed E-state index contributed by atoms with van der Waals surface area (Å²) in [4.78, 5) is 11.8. The van der Waals surface area contributed by atoms with Crippen LogP contribution in [0.2, 0.25) is 10.0 Å². The Hall–Kier alpha value is -1.91. The van der Waals surface area contributed by atoms with Crippen molar-refractivity contribution in [3.63, 3.8) is 0 Å². The summed E-state index contributed by atoms with van der Waals surface area (Å²) in [6.07, 6.45) is 0. The fraction of sp³-hybridized carbons (Fsp3) is 0.188. The van der Waals surface area contributed by atoms with E-state index in [1.165, 1.54) is 7.11 Å². The number of hydrogen-bond acceptors (Lipinski definition) is 3. The smallest absolute Gasteiger partial charge is 0.258 e. The zero-order valence-corrected chi connectivity index (χ0v) is 13.4. The van der Waals surface area contributed by atoms with E-state index in [1.54, 1.807) is 24.3 Å². The molecule has 4 nitrogen and oxygen atoms in total. The van der Waals surface area contributed by atoms with Crippen molar-refractivity contribution >= 4 is 29.1 Å². The van der Waals surface area contributed by atoms with Gasteiger partial charge in [-0.3, -0.25) is 4.79 Å². The molecule has 0 spiro atoms. The fourth-order valence-corrected chi connectivity index (χ4v) is 2.50. The Morgan fingerprint density at radius 3 is 2.59 bits per heavy atom. The average Bonchev–Trinajstić information content (AvgIpc) is 2.51. The first-order valence-corrected chi connectivity index (χ1v) is 7.32. The summed E-state index contributed by atoms with van der Waals surface area (Å²) in [6.45, 7) is 0.182. The van der Waals surface area contributed by atoms with Gasteiger partial charge in [0.1, 0.15) is 11.5 Å². The SMILES string of the molecule is COc1c(Cl)cc(Cl)cc1CNC(=O)COc1ccccc1. The van der Waals surface area contributed by atoms with Gasteiger partial charge in [0, 0.05) is 17.1 Å². The Labute approximate surface area is 138 Å². The van der Waals surface area contributed by atoms with Crippen molar-refractivity contribution in [1.82, 2.24) is 5.32 Å². The van der Waals surface area contributed by atoms with E-state index < -0.39 is 0 Å². The second-order valence-corrected chi connectivity index (χ2v) is 5.30. The lowest BCUT2D eigenvalue weighted by molar-refractivity contribution is -0.123. The predicted octanol–water partition coefficient (Wildman–Crippen LogP) is 3.70. The van der Waals surface area contributed by atoms with Crippen molar-refractivity contribution in [3.05, 3.63) is 58.1 Å². The van der Waals surface area contributed by atoms with E-state index >= 15 is 0 Å². The second-order valence-electron chi connectivity index (χ2n) is 4.46. The first-order chi connectivity index (χ1) is 10.6. The third-order valence-corrected chi connectivity index (χ3v) is 3.38. The Kier molecular flexibility index (Phi) is 5.92. The molecule has 6 heteroatoms. The number of rotatable bonds is 6. The molecule has 0 radical (unpaired) electrons. The zero-order chi connectivity index (χ0) is 15.9. The molecule has 2 rings (SSSR count). The highest BCUT2D eigenvalue weighted by molar-refractivity contribution is 6.35. The standard InChI is InChI=1S/C16H15Cl2NO3/c1-21-16-11(7-12(17)8-14(16)18)9-19-15(20)10-22-13-5-3-2-4-6-13/h2-8H,9-10H2,1H3,(H,19,20). The van der Waals surface area contributed by atoms with Gasteiger partial charge in [-0.1, -0.05) is 41.4 Å². The highest BCUT2D eigenvalue weighted by Crippen LogP contribution is 2.32. The normalized spacial score (nSPS) is 10.1. The number of hydrogen-bond donors (Lipinski definition) is 1. The van der Waals surface area contributed by atoms with Gasteiger partial charge >= 0.3 is 0 Å². The van der Waals surface area contributed by atoms with E-state index in [-0.39, 0.29) is 19.1 Å². The molecule has 0 aromatic heterocycles. The topological polar surface area (TPSA) is 47.6 Å². The molecule has 0 bridgehead atoms. The molecule has 0 fully saturated rings. The third-order valence-electron chi connectivity index (χ3n) is 2.88. The monoisotopic (exact) mass is 339 g/mol. The number of para-hydroxylation sites is 1. The van der Waals surface area contributed by atoms with Crippen molar-refractivity contribution in [2.45, 2.75) is 6.54 Å². The van der Waals surface area contributed by atoms with Gasteiger partial charge in [-0.15, -0.1) is 0 Å². The van der Waals surface area contributed by atoms with Crippen LogP contribution in [0.4, 0.5) is 0 Å².